The molecule has 27 heavy (non-hydrogen) atoms. The van der Waals surface area contributed by atoms with Crippen LogP contribution in [0.3, 0.4) is 0 Å². The maximum absolute atomic E-state index is 11.9. The van der Waals surface area contributed by atoms with Gasteiger partial charge in [-0.15, -0.1) is 11.8 Å². The fourth-order valence-electron chi connectivity index (χ4n) is 2.50. The first-order valence-electron chi connectivity index (χ1n) is 8.84. The fraction of sp³-hybridized carbons (Fsp3) is 0.333. The van der Waals surface area contributed by atoms with Gasteiger partial charge in [-0.25, -0.2) is 0 Å². The largest absolute Gasteiger partial charge is 0.492 e. The summed E-state index contributed by atoms with van der Waals surface area (Å²) < 4.78 is 5.65. The van der Waals surface area contributed by atoms with Gasteiger partial charge in [0.2, 0.25) is 11.8 Å². The monoisotopic (exact) mass is 386 g/mol. The van der Waals surface area contributed by atoms with Gasteiger partial charge in [0.1, 0.15) is 12.4 Å². The molecular weight excluding hydrogens is 360 g/mol. The third-order valence-electron chi connectivity index (χ3n) is 3.69. The molecule has 0 radical (unpaired) electrons. The Balaban J connectivity index is 1.57. The van der Waals surface area contributed by atoms with E-state index in [9.17, 15) is 9.59 Å². The third-order valence-corrected chi connectivity index (χ3v) is 4.62. The van der Waals surface area contributed by atoms with Crippen LogP contribution in [0.25, 0.3) is 0 Å². The molecule has 0 atom stereocenters. The van der Waals surface area contributed by atoms with Crippen LogP contribution in [-0.2, 0) is 9.59 Å². The summed E-state index contributed by atoms with van der Waals surface area (Å²) in [7, 11) is 0. The Morgan fingerprint density at radius 3 is 2.19 bits per heavy atom. The number of nitrogens with one attached hydrogen (secondary N) is 2. The Morgan fingerprint density at radius 1 is 0.889 bits per heavy atom. The number of aryl methyl sites for hydroxylation is 3. The van der Waals surface area contributed by atoms with Gasteiger partial charge in [-0.3, -0.25) is 9.59 Å². The van der Waals surface area contributed by atoms with Crippen molar-refractivity contribution in [3.8, 4) is 5.75 Å². The molecule has 0 unspecified atom stereocenters. The van der Waals surface area contributed by atoms with Crippen molar-refractivity contribution in [3.63, 3.8) is 0 Å². The van der Waals surface area contributed by atoms with Crippen LogP contribution in [0.4, 0.5) is 5.69 Å². The maximum atomic E-state index is 11.9. The normalized spacial score (nSPS) is 10.3. The first-order valence-corrected chi connectivity index (χ1v) is 10.00. The summed E-state index contributed by atoms with van der Waals surface area (Å²) in [5.41, 5.74) is 4.20. The van der Waals surface area contributed by atoms with E-state index in [4.69, 9.17) is 4.74 Å². The van der Waals surface area contributed by atoms with Crippen molar-refractivity contribution >= 4 is 29.3 Å². The topological polar surface area (TPSA) is 67.4 Å². The number of carbonyl (C=O) groups excluding carboxylic acids is 2. The summed E-state index contributed by atoms with van der Waals surface area (Å²) in [5.74, 6) is 1.07. The summed E-state index contributed by atoms with van der Waals surface area (Å²) in [6, 6.07) is 13.6. The predicted octanol–water partition coefficient (Wildman–Crippen LogP) is 3.48. The average molecular weight is 387 g/mol. The quantitative estimate of drug-likeness (QED) is 0.648. The predicted molar refractivity (Wildman–Crippen MR) is 112 cm³/mol. The number of hydrogen-bond acceptors (Lipinski definition) is 4. The Labute approximate surface area is 164 Å². The second kappa shape index (κ2) is 10.6. The molecular formula is C21H26N2O3S. The molecule has 0 aliphatic rings. The van der Waals surface area contributed by atoms with E-state index < -0.39 is 0 Å². The van der Waals surface area contributed by atoms with Gasteiger partial charge < -0.3 is 15.4 Å². The molecule has 2 N–H and O–H groups in total. The molecule has 2 rings (SSSR count). The molecule has 2 aromatic carbocycles. The molecule has 0 fully saturated rings. The van der Waals surface area contributed by atoms with Gasteiger partial charge in [0, 0.05) is 5.69 Å². The van der Waals surface area contributed by atoms with E-state index in [1.165, 1.54) is 11.8 Å². The minimum absolute atomic E-state index is 0.104. The highest BCUT2D eigenvalue weighted by Crippen LogP contribution is 2.15. The summed E-state index contributed by atoms with van der Waals surface area (Å²) in [5, 5.41) is 5.61. The molecule has 0 aliphatic carbocycles. The number of benzene rings is 2. The first-order chi connectivity index (χ1) is 12.9. The lowest BCUT2D eigenvalue weighted by Crippen LogP contribution is -2.30. The van der Waals surface area contributed by atoms with E-state index in [1.807, 2.05) is 57.2 Å². The van der Waals surface area contributed by atoms with Gasteiger partial charge >= 0.3 is 0 Å². The molecule has 144 valence electrons. The molecule has 0 heterocycles. The molecule has 0 spiro atoms. The smallest absolute Gasteiger partial charge is 0.234 e. The third kappa shape index (κ3) is 8.17. The van der Waals surface area contributed by atoms with E-state index in [0.29, 0.717) is 13.2 Å². The molecule has 6 heteroatoms. The number of carbonyl (C=O) groups is 2. The summed E-state index contributed by atoms with van der Waals surface area (Å²) in [6.45, 7) is 6.88. The Morgan fingerprint density at radius 2 is 1.52 bits per heavy atom. The molecule has 5 nitrogen and oxygen atoms in total. The highest BCUT2D eigenvalue weighted by Gasteiger charge is 2.06. The van der Waals surface area contributed by atoms with Crippen molar-refractivity contribution < 1.29 is 14.3 Å². The Hall–Kier alpha value is -2.47. The standard InChI is InChI=1S/C21H26N2O3S/c1-15-4-6-18(7-5-15)23-21(25)14-27-13-20(24)22-8-9-26-19-11-16(2)10-17(3)12-19/h4-7,10-12H,8-9,13-14H2,1-3H3,(H,22,24)(H,23,25). The highest BCUT2D eigenvalue weighted by molar-refractivity contribution is 8.00. The Bertz CT molecular complexity index is 755. The number of hydrogen-bond donors (Lipinski definition) is 2. The number of rotatable bonds is 9. The van der Waals surface area contributed by atoms with Crippen LogP contribution >= 0.6 is 11.8 Å². The SMILES string of the molecule is Cc1ccc(NC(=O)CSCC(=O)NCCOc2cc(C)cc(C)c2)cc1. The second-order valence-electron chi connectivity index (χ2n) is 6.43. The number of anilines is 1. The molecule has 0 saturated heterocycles. The van der Waals surface area contributed by atoms with E-state index in [1.54, 1.807) is 0 Å². The summed E-state index contributed by atoms with van der Waals surface area (Å²) in [4.78, 5) is 23.7. The van der Waals surface area contributed by atoms with Crippen molar-refractivity contribution in [2.75, 3.05) is 30.0 Å². The molecule has 2 aromatic rings. The lowest BCUT2D eigenvalue weighted by molar-refractivity contribution is -0.118. The summed E-state index contributed by atoms with van der Waals surface area (Å²) >= 11 is 1.29. The fourth-order valence-corrected chi connectivity index (χ4v) is 3.14. The van der Waals surface area contributed by atoms with Crippen molar-refractivity contribution in [1.82, 2.24) is 5.32 Å². The zero-order valence-corrected chi connectivity index (χ0v) is 16.8. The average Bonchev–Trinajstić information content (AvgIpc) is 2.60. The van der Waals surface area contributed by atoms with Crippen LogP contribution in [0.5, 0.6) is 5.75 Å². The van der Waals surface area contributed by atoms with Gasteiger partial charge in [-0.1, -0.05) is 23.8 Å². The summed E-state index contributed by atoms with van der Waals surface area (Å²) in [6.07, 6.45) is 0. The van der Waals surface area contributed by atoms with Crippen molar-refractivity contribution in [2.45, 2.75) is 20.8 Å². The van der Waals surface area contributed by atoms with Gasteiger partial charge in [0.25, 0.3) is 0 Å². The van der Waals surface area contributed by atoms with Crippen molar-refractivity contribution in [2.24, 2.45) is 0 Å². The molecule has 0 aromatic heterocycles. The van der Waals surface area contributed by atoms with Gasteiger partial charge in [-0.2, -0.15) is 0 Å². The van der Waals surface area contributed by atoms with Crippen LogP contribution < -0.4 is 15.4 Å². The van der Waals surface area contributed by atoms with Gasteiger partial charge in [0.05, 0.1) is 18.1 Å². The molecule has 0 aliphatic heterocycles. The van der Waals surface area contributed by atoms with Crippen molar-refractivity contribution in [3.05, 3.63) is 59.2 Å². The number of thioether (sulfide) groups is 1. The zero-order chi connectivity index (χ0) is 19.6. The van der Waals surface area contributed by atoms with E-state index in [2.05, 4.69) is 16.7 Å². The van der Waals surface area contributed by atoms with Gasteiger partial charge in [-0.05, 0) is 56.2 Å². The molecule has 2 amide bonds. The molecule has 0 bridgehead atoms. The van der Waals surface area contributed by atoms with Gasteiger partial charge in [0.15, 0.2) is 0 Å². The van der Waals surface area contributed by atoms with E-state index >= 15 is 0 Å². The minimum Gasteiger partial charge on any atom is -0.492 e. The highest BCUT2D eigenvalue weighted by atomic mass is 32.2. The number of ether oxygens (including phenoxy) is 1. The molecule has 0 saturated carbocycles. The zero-order valence-electron chi connectivity index (χ0n) is 16.0. The van der Waals surface area contributed by atoms with E-state index in [0.717, 1.165) is 28.1 Å². The van der Waals surface area contributed by atoms with E-state index in [-0.39, 0.29) is 23.3 Å². The maximum Gasteiger partial charge on any atom is 0.234 e. The first kappa shape index (κ1) is 20.8. The van der Waals surface area contributed by atoms with Crippen molar-refractivity contribution in [1.29, 1.82) is 0 Å². The lowest BCUT2D eigenvalue weighted by atomic mass is 10.1. The van der Waals surface area contributed by atoms with Crippen LogP contribution in [-0.4, -0.2) is 36.5 Å². The van der Waals surface area contributed by atoms with Crippen LogP contribution in [0.1, 0.15) is 16.7 Å². The van der Waals surface area contributed by atoms with Crippen LogP contribution in [0.15, 0.2) is 42.5 Å². The lowest BCUT2D eigenvalue weighted by Gasteiger charge is -2.09. The van der Waals surface area contributed by atoms with Crippen LogP contribution in [0, 0.1) is 20.8 Å². The second-order valence-corrected chi connectivity index (χ2v) is 7.41. The van der Waals surface area contributed by atoms with Crippen LogP contribution in [0.2, 0.25) is 0 Å². The Kier molecular flexibility index (Phi) is 8.20. The minimum atomic E-state index is -0.116. The number of amides is 2.